The van der Waals surface area contributed by atoms with E-state index < -0.39 is 0 Å². The molecule has 17 heavy (non-hydrogen) atoms. The highest BCUT2D eigenvalue weighted by molar-refractivity contribution is 7.10. The standard InChI is InChI=1S/C13H12N2OS/c1-10-9-13(17-15-10)14-12(16)8-7-11-5-3-2-4-6-11/h2-9H,1H3,(H,14,16)/b8-7+. The van der Waals surface area contributed by atoms with Crippen LogP contribution in [0.1, 0.15) is 11.3 Å². The van der Waals surface area contributed by atoms with Crippen molar-refractivity contribution < 1.29 is 4.79 Å². The summed E-state index contributed by atoms with van der Waals surface area (Å²) in [7, 11) is 0. The van der Waals surface area contributed by atoms with E-state index in [1.54, 1.807) is 6.08 Å². The molecule has 0 spiro atoms. The Morgan fingerprint density at radius 1 is 1.35 bits per heavy atom. The van der Waals surface area contributed by atoms with Gasteiger partial charge in [0.25, 0.3) is 0 Å². The molecule has 1 heterocycles. The minimum atomic E-state index is -0.141. The Hall–Kier alpha value is -1.94. The Morgan fingerprint density at radius 3 is 2.76 bits per heavy atom. The lowest BCUT2D eigenvalue weighted by Gasteiger charge is -1.95. The molecule has 86 valence electrons. The molecule has 0 bridgehead atoms. The van der Waals surface area contributed by atoms with Crippen LogP contribution in [0.3, 0.4) is 0 Å². The third-order valence-electron chi connectivity index (χ3n) is 2.10. The van der Waals surface area contributed by atoms with Gasteiger partial charge >= 0.3 is 0 Å². The molecule has 0 aliphatic rings. The van der Waals surface area contributed by atoms with Crippen LogP contribution in [0.5, 0.6) is 0 Å². The summed E-state index contributed by atoms with van der Waals surface area (Å²) in [4.78, 5) is 11.6. The van der Waals surface area contributed by atoms with Gasteiger partial charge in [-0.05, 0) is 36.2 Å². The maximum absolute atomic E-state index is 11.6. The van der Waals surface area contributed by atoms with Gasteiger partial charge in [-0.25, -0.2) is 0 Å². The Balaban J connectivity index is 1.96. The number of carbonyl (C=O) groups excluding carboxylic acids is 1. The van der Waals surface area contributed by atoms with Gasteiger partial charge in [0.05, 0.1) is 5.69 Å². The highest BCUT2D eigenvalue weighted by Crippen LogP contribution is 2.15. The predicted molar refractivity (Wildman–Crippen MR) is 71.0 cm³/mol. The summed E-state index contributed by atoms with van der Waals surface area (Å²) in [5.74, 6) is -0.141. The molecular weight excluding hydrogens is 232 g/mol. The smallest absolute Gasteiger partial charge is 0.249 e. The molecule has 1 amide bonds. The second-order valence-electron chi connectivity index (χ2n) is 3.57. The molecule has 0 aliphatic carbocycles. The van der Waals surface area contributed by atoms with Crippen molar-refractivity contribution in [2.45, 2.75) is 6.92 Å². The monoisotopic (exact) mass is 244 g/mol. The molecule has 0 saturated carbocycles. The number of benzene rings is 1. The Bertz CT molecular complexity index is 531. The highest BCUT2D eigenvalue weighted by atomic mass is 32.1. The van der Waals surface area contributed by atoms with Crippen LogP contribution in [-0.2, 0) is 4.79 Å². The maximum Gasteiger partial charge on any atom is 0.249 e. The SMILES string of the molecule is Cc1cc(NC(=O)/C=C/c2ccccc2)sn1. The first-order chi connectivity index (χ1) is 8.24. The zero-order valence-corrected chi connectivity index (χ0v) is 10.2. The average Bonchev–Trinajstić information content (AvgIpc) is 2.73. The van der Waals surface area contributed by atoms with Gasteiger partial charge < -0.3 is 5.32 Å². The molecular formula is C13H12N2OS. The van der Waals surface area contributed by atoms with E-state index in [1.807, 2.05) is 43.3 Å². The second kappa shape index (κ2) is 5.41. The molecule has 0 atom stereocenters. The number of hydrogen-bond acceptors (Lipinski definition) is 3. The van der Waals surface area contributed by atoms with Gasteiger partial charge in [-0.15, -0.1) is 0 Å². The van der Waals surface area contributed by atoms with Crippen LogP contribution in [0, 0.1) is 6.92 Å². The Morgan fingerprint density at radius 2 is 2.12 bits per heavy atom. The number of aryl methyl sites for hydroxylation is 1. The van der Waals surface area contributed by atoms with Gasteiger partial charge in [0.2, 0.25) is 5.91 Å². The van der Waals surface area contributed by atoms with E-state index in [2.05, 4.69) is 9.69 Å². The molecule has 2 rings (SSSR count). The summed E-state index contributed by atoms with van der Waals surface area (Å²) < 4.78 is 4.09. The molecule has 3 nitrogen and oxygen atoms in total. The van der Waals surface area contributed by atoms with Crippen LogP contribution in [0.2, 0.25) is 0 Å². The fraction of sp³-hybridized carbons (Fsp3) is 0.0769. The van der Waals surface area contributed by atoms with E-state index in [4.69, 9.17) is 0 Å². The molecule has 1 aromatic heterocycles. The lowest BCUT2D eigenvalue weighted by Crippen LogP contribution is -2.05. The van der Waals surface area contributed by atoms with E-state index in [-0.39, 0.29) is 5.91 Å². The van der Waals surface area contributed by atoms with Crippen LogP contribution in [0.15, 0.2) is 42.5 Å². The minimum Gasteiger partial charge on any atom is -0.313 e. The third-order valence-corrected chi connectivity index (χ3v) is 2.90. The minimum absolute atomic E-state index is 0.141. The molecule has 0 radical (unpaired) electrons. The molecule has 1 N–H and O–H groups in total. The van der Waals surface area contributed by atoms with Crippen molar-refractivity contribution in [3.63, 3.8) is 0 Å². The topological polar surface area (TPSA) is 42.0 Å². The Labute approximate surface area is 104 Å². The second-order valence-corrected chi connectivity index (χ2v) is 4.37. The van der Waals surface area contributed by atoms with Crippen molar-refractivity contribution in [2.75, 3.05) is 5.32 Å². The van der Waals surface area contributed by atoms with Crippen LogP contribution in [-0.4, -0.2) is 10.3 Å². The first-order valence-corrected chi connectivity index (χ1v) is 5.99. The van der Waals surface area contributed by atoms with Crippen molar-refractivity contribution in [1.29, 1.82) is 0 Å². The lowest BCUT2D eigenvalue weighted by molar-refractivity contribution is -0.111. The van der Waals surface area contributed by atoms with E-state index in [0.717, 1.165) is 16.3 Å². The predicted octanol–water partition coefficient (Wildman–Crippen LogP) is 3.10. The normalized spacial score (nSPS) is 10.6. The lowest BCUT2D eigenvalue weighted by atomic mass is 10.2. The maximum atomic E-state index is 11.6. The molecule has 0 saturated heterocycles. The summed E-state index contributed by atoms with van der Waals surface area (Å²) in [6.07, 6.45) is 3.30. The molecule has 2 aromatic rings. The summed E-state index contributed by atoms with van der Waals surface area (Å²) >= 11 is 1.28. The van der Waals surface area contributed by atoms with Gasteiger partial charge in [-0.2, -0.15) is 4.37 Å². The van der Waals surface area contributed by atoms with Crippen molar-refractivity contribution >= 4 is 28.5 Å². The van der Waals surface area contributed by atoms with Gasteiger partial charge in [-0.3, -0.25) is 4.79 Å². The number of nitrogens with one attached hydrogen (secondary N) is 1. The van der Waals surface area contributed by atoms with E-state index in [1.165, 1.54) is 17.6 Å². The molecule has 0 unspecified atom stereocenters. The quantitative estimate of drug-likeness (QED) is 0.843. The number of nitrogens with zero attached hydrogens (tertiary/aromatic N) is 1. The van der Waals surface area contributed by atoms with Crippen molar-refractivity contribution in [2.24, 2.45) is 0 Å². The highest BCUT2D eigenvalue weighted by Gasteiger charge is 2.00. The first kappa shape index (κ1) is 11.5. The molecule has 0 fully saturated rings. The van der Waals surface area contributed by atoms with Gasteiger partial charge in [0.1, 0.15) is 5.00 Å². The molecule has 1 aromatic carbocycles. The van der Waals surface area contributed by atoms with E-state index in [9.17, 15) is 4.79 Å². The zero-order valence-electron chi connectivity index (χ0n) is 9.38. The fourth-order valence-electron chi connectivity index (χ4n) is 1.32. The fourth-order valence-corrected chi connectivity index (χ4v) is 1.99. The number of rotatable bonds is 3. The van der Waals surface area contributed by atoms with Crippen LogP contribution < -0.4 is 5.32 Å². The number of hydrogen-bond donors (Lipinski definition) is 1. The number of carbonyl (C=O) groups is 1. The van der Waals surface area contributed by atoms with Gasteiger partial charge in [0, 0.05) is 6.08 Å². The van der Waals surface area contributed by atoms with Crippen LogP contribution >= 0.6 is 11.5 Å². The largest absolute Gasteiger partial charge is 0.313 e. The van der Waals surface area contributed by atoms with Crippen molar-refractivity contribution in [1.82, 2.24) is 4.37 Å². The zero-order chi connectivity index (χ0) is 12.1. The number of aromatic nitrogens is 1. The van der Waals surface area contributed by atoms with E-state index in [0.29, 0.717) is 0 Å². The summed E-state index contributed by atoms with van der Waals surface area (Å²) in [6, 6.07) is 11.5. The Kier molecular flexibility index (Phi) is 3.67. The van der Waals surface area contributed by atoms with Crippen molar-refractivity contribution in [3.05, 3.63) is 53.7 Å². The summed E-state index contributed by atoms with van der Waals surface area (Å²) in [5, 5.41) is 3.53. The van der Waals surface area contributed by atoms with Gasteiger partial charge in [-0.1, -0.05) is 30.3 Å². The molecule has 0 aliphatic heterocycles. The number of anilines is 1. The average molecular weight is 244 g/mol. The first-order valence-electron chi connectivity index (χ1n) is 5.21. The third kappa shape index (κ3) is 3.53. The van der Waals surface area contributed by atoms with Crippen LogP contribution in [0.4, 0.5) is 5.00 Å². The van der Waals surface area contributed by atoms with Crippen molar-refractivity contribution in [3.8, 4) is 0 Å². The van der Waals surface area contributed by atoms with E-state index >= 15 is 0 Å². The number of amides is 1. The van der Waals surface area contributed by atoms with Crippen LogP contribution in [0.25, 0.3) is 6.08 Å². The summed E-state index contributed by atoms with van der Waals surface area (Å²) in [6.45, 7) is 1.89. The molecule has 4 heteroatoms. The van der Waals surface area contributed by atoms with Gasteiger partial charge in [0.15, 0.2) is 0 Å². The summed E-state index contributed by atoms with van der Waals surface area (Å²) in [5.41, 5.74) is 1.92.